The zero-order valence-corrected chi connectivity index (χ0v) is 12.6. The van der Waals surface area contributed by atoms with E-state index in [0.29, 0.717) is 12.5 Å². The summed E-state index contributed by atoms with van der Waals surface area (Å²) in [7, 11) is 1.89. The van der Waals surface area contributed by atoms with Crippen molar-refractivity contribution in [2.75, 3.05) is 13.7 Å². The summed E-state index contributed by atoms with van der Waals surface area (Å²) in [4.78, 5) is 0. The van der Waals surface area contributed by atoms with Crippen LogP contribution in [0.1, 0.15) is 50.6 Å². The largest absolute Gasteiger partial charge is 0.376 e. The van der Waals surface area contributed by atoms with Crippen LogP contribution in [0.3, 0.4) is 0 Å². The number of hydrogen-bond acceptors (Lipinski definition) is 2. The van der Waals surface area contributed by atoms with Gasteiger partial charge in [-0.15, -0.1) is 0 Å². The molecule has 1 fully saturated rings. The number of halogens is 1. The van der Waals surface area contributed by atoms with Crippen molar-refractivity contribution in [1.82, 2.24) is 5.32 Å². The highest BCUT2D eigenvalue weighted by atomic mass is 19.1. The molecule has 2 atom stereocenters. The lowest BCUT2D eigenvalue weighted by molar-refractivity contribution is -0.0174. The third-order valence-corrected chi connectivity index (χ3v) is 4.35. The van der Waals surface area contributed by atoms with Gasteiger partial charge in [-0.3, -0.25) is 0 Å². The lowest BCUT2D eigenvalue weighted by Gasteiger charge is -2.35. The van der Waals surface area contributed by atoms with Crippen molar-refractivity contribution in [1.29, 1.82) is 0 Å². The van der Waals surface area contributed by atoms with E-state index >= 15 is 0 Å². The molecule has 0 aliphatic heterocycles. The van der Waals surface area contributed by atoms with Gasteiger partial charge in [0.2, 0.25) is 0 Å². The van der Waals surface area contributed by atoms with Crippen molar-refractivity contribution >= 4 is 0 Å². The molecule has 0 aromatic heterocycles. The molecule has 1 N–H and O–H groups in total. The molecular weight excluding hydrogens is 253 g/mol. The minimum Gasteiger partial charge on any atom is -0.376 e. The summed E-state index contributed by atoms with van der Waals surface area (Å²) in [5, 5.41) is 3.28. The Morgan fingerprint density at radius 1 is 1.25 bits per heavy atom. The van der Waals surface area contributed by atoms with Gasteiger partial charge in [0.15, 0.2) is 0 Å². The fourth-order valence-corrected chi connectivity index (χ4v) is 3.38. The number of nitrogens with one attached hydrogen (secondary N) is 1. The zero-order valence-electron chi connectivity index (χ0n) is 12.6. The van der Waals surface area contributed by atoms with E-state index in [1.165, 1.54) is 38.2 Å². The van der Waals surface area contributed by atoms with E-state index < -0.39 is 0 Å². The molecule has 0 heterocycles. The third-order valence-electron chi connectivity index (χ3n) is 4.35. The summed E-state index contributed by atoms with van der Waals surface area (Å²) in [6.07, 6.45) is 6.29. The Hall–Kier alpha value is -0.930. The zero-order chi connectivity index (χ0) is 14.4. The summed E-state index contributed by atoms with van der Waals surface area (Å²) in [5.41, 5.74) is 0.721. The molecule has 2 rings (SSSR count). The highest BCUT2D eigenvalue weighted by Gasteiger charge is 2.32. The van der Waals surface area contributed by atoms with Crippen molar-refractivity contribution < 1.29 is 9.13 Å². The van der Waals surface area contributed by atoms with Crippen LogP contribution in [0.4, 0.5) is 4.39 Å². The van der Waals surface area contributed by atoms with Crippen molar-refractivity contribution in [2.24, 2.45) is 5.92 Å². The van der Waals surface area contributed by atoms with E-state index in [9.17, 15) is 4.39 Å². The van der Waals surface area contributed by atoms with E-state index in [1.54, 1.807) is 6.07 Å². The van der Waals surface area contributed by atoms with Crippen molar-refractivity contribution in [3.63, 3.8) is 0 Å². The van der Waals surface area contributed by atoms with Crippen molar-refractivity contribution in [3.8, 4) is 0 Å². The maximum absolute atomic E-state index is 14.1. The van der Waals surface area contributed by atoms with E-state index in [2.05, 4.69) is 5.32 Å². The van der Waals surface area contributed by atoms with Crippen LogP contribution in [0, 0.1) is 11.7 Å². The Labute approximate surface area is 121 Å². The number of hydrogen-bond donors (Lipinski definition) is 1. The molecule has 1 saturated carbocycles. The van der Waals surface area contributed by atoms with Crippen LogP contribution >= 0.6 is 0 Å². The van der Waals surface area contributed by atoms with Gasteiger partial charge >= 0.3 is 0 Å². The standard InChI is InChI=1S/C17H26FNO/c1-3-20-17(13-9-5-4-6-10-13)16(19-2)14-11-7-8-12-15(14)18/h7-8,11-13,16-17,19H,3-6,9-10H2,1-2H3. The molecule has 20 heavy (non-hydrogen) atoms. The predicted octanol–water partition coefficient (Wildman–Crippen LogP) is 4.07. The first-order valence-corrected chi connectivity index (χ1v) is 7.81. The lowest BCUT2D eigenvalue weighted by atomic mass is 9.81. The minimum atomic E-state index is -0.146. The smallest absolute Gasteiger partial charge is 0.128 e. The fourth-order valence-electron chi connectivity index (χ4n) is 3.38. The van der Waals surface area contributed by atoms with Crippen LogP contribution in [-0.2, 0) is 4.74 Å². The van der Waals surface area contributed by atoms with Crippen LogP contribution in [0.15, 0.2) is 24.3 Å². The van der Waals surface area contributed by atoms with Gasteiger partial charge in [0, 0.05) is 12.2 Å². The van der Waals surface area contributed by atoms with Crippen molar-refractivity contribution in [3.05, 3.63) is 35.6 Å². The molecule has 1 aromatic rings. The van der Waals surface area contributed by atoms with Crippen LogP contribution in [0.2, 0.25) is 0 Å². The summed E-state index contributed by atoms with van der Waals surface area (Å²) in [6.45, 7) is 2.69. The Balaban J connectivity index is 2.22. The van der Waals surface area contributed by atoms with Crippen LogP contribution in [0.5, 0.6) is 0 Å². The Morgan fingerprint density at radius 3 is 2.55 bits per heavy atom. The van der Waals surface area contributed by atoms with Gasteiger partial charge in [0.1, 0.15) is 5.82 Å². The molecule has 2 unspecified atom stereocenters. The second kappa shape index (κ2) is 7.75. The molecule has 0 amide bonds. The number of likely N-dealkylation sites (N-methyl/N-ethyl adjacent to an activating group) is 1. The molecule has 0 radical (unpaired) electrons. The van der Waals surface area contributed by atoms with Crippen molar-refractivity contribution in [2.45, 2.75) is 51.2 Å². The highest BCUT2D eigenvalue weighted by Crippen LogP contribution is 2.34. The Kier molecular flexibility index (Phi) is 5.99. The molecule has 1 aromatic carbocycles. The normalized spacial score (nSPS) is 19.8. The highest BCUT2D eigenvalue weighted by molar-refractivity contribution is 5.22. The molecule has 0 spiro atoms. The fraction of sp³-hybridized carbons (Fsp3) is 0.647. The molecule has 2 nitrogen and oxygen atoms in total. The number of rotatable bonds is 6. The van der Waals surface area contributed by atoms with Gasteiger partial charge in [-0.1, -0.05) is 37.5 Å². The average molecular weight is 279 g/mol. The van der Waals surface area contributed by atoms with Crippen LogP contribution in [-0.4, -0.2) is 19.8 Å². The first-order chi connectivity index (χ1) is 9.77. The summed E-state index contributed by atoms with van der Waals surface area (Å²) in [6, 6.07) is 6.96. The Bertz CT molecular complexity index is 404. The molecule has 3 heteroatoms. The third kappa shape index (κ3) is 3.58. The maximum Gasteiger partial charge on any atom is 0.128 e. The maximum atomic E-state index is 14.1. The molecule has 1 aliphatic rings. The second-order valence-corrected chi connectivity index (χ2v) is 5.61. The Morgan fingerprint density at radius 2 is 1.95 bits per heavy atom. The van der Waals surface area contributed by atoms with Gasteiger partial charge in [-0.25, -0.2) is 4.39 Å². The quantitative estimate of drug-likeness (QED) is 0.847. The topological polar surface area (TPSA) is 21.3 Å². The molecular formula is C17H26FNO. The summed E-state index contributed by atoms with van der Waals surface area (Å²) >= 11 is 0. The second-order valence-electron chi connectivity index (χ2n) is 5.61. The molecule has 112 valence electrons. The summed E-state index contributed by atoms with van der Waals surface area (Å²) in [5.74, 6) is 0.383. The van der Waals surface area contributed by atoms with Crippen LogP contribution in [0.25, 0.3) is 0 Å². The van der Waals surface area contributed by atoms with Gasteiger partial charge in [0.05, 0.1) is 12.1 Å². The van der Waals surface area contributed by atoms with E-state index in [-0.39, 0.29) is 18.0 Å². The van der Waals surface area contributed by atoms with Crippen LogP contribution < -0.4 is 5.32 Å². The first-order valence-electron chi connectivity index (χ1n) is 7.81. The van der Waals surface area contributed by atoms with E-state index in [4.69, 9.17) is 4.74 Å². The van der Waals surface area contributed by atoms with E-state index in [0.717, 1.165) is 5.56 Å². The van der Waals surface area contributed by atoms with Gasteiger partial charge in [-0.05, 0) is 38.8 Å². The first kappa shape index (κ1) is 15.5. The summed E-state index contributed by atoms with van der Waals surface area (Å²) < 4.78 is 20.1. The average Bonchev–Trinajstić information content (AvgIpc) is 2.50. The number of ether oxygens (including phenoxy) is 1. The lowest BCUT2D eigenvalue weighted by Crippen LogP contribution is -2.38. The molecule has 0 saturated heterocycles. The molecule has 1 aliphatic carbocycles. The predicted molar refractivity (Wildman–Crippen MR) is 80.2 cm³/mol. The minimum absolute atomic E-state index is 0.0576. The molecule has 0 bridgehead atoms. The monoisotopic (exact) mass is 279 g/mol. The van der Waals surface area contributed by atoms with Gasteiger partial charge < -0.3 is 10.1 Å². The SMILES string of the molecule is CCOC(C1CCCCC1)C(NC)c1ccccc1F. The van der Waals surface area contributed by atoms with Gasteiger partial charge in [0.25, 0.3) is 0 Å². The number of benzene rings is 1. The van der Waals surface area contributed by atoms with Gasteiger partial charge in [-0.2, -0.15) is 0 Å². The van der Waals surface area contributed by atoms with E-state index in [1.807, 2.05) is 26.1 Å².